The molecule has 4 rings (SSSR count). The van der Waals surface area contributed by atoms with Crippen molar-refractivity contribution in [1.82, 2.24) is 0 Å². The van der Waals surface area contributed by atoms with Crippen molar-refractivity contribution in [3.63, 3.8) is 0 Å². The van der Waals surface area contributed by atoms with Crippen LogP contribution < -0.4 is 9.47 Å². The second-order valence-electron chi connectivity index (χ2n) is 5.47. The van der Waals surface area contributed by atoms with E-state index < -0.39 is 5.91 Å². The van der Waals surface area contributed by atoms with Gasteiger partial charge in [0.15, 0.2) is 0 Å². The molecule has 0 N–H and O–H groups in total. The second kappa shape index (κ2) is 5.36. The van der Waals surface area contributed by atoms with Crippen LogP contribution in [-0.2, 0) is 4.79 Å². The van der Waals surface area contributed by atoms with E-state index in [-0.39, 0.29) is 17.4 Å². The van der Waals surface area contributed by atoms with Crippen LogP contribution in [0.3, 0.4) is 0 Å². The number of benzene rings is 2. The Kier molecular flexibility index (Phi) is 3.17. The Morgan fingerprint density at radius 2 is 2.04 bits per heavy atom. The molecular formula is C19H12N2O3. The molecule has 0 fully saturated rings. The largest absolute Gasteiger partial charge is 0.497 e. The zero-order chi connectivity index (χ0) is 16.7. The van der Waals surface area contributed by atoms with Gasteiger partial charge in [0.25, 0.3) is 5.91 Å². The maximum Gasteiger partial charge on any atom is 0.291 e. The summed E-state index contributed by atoms with van der Waals surface area (Å²) in [6.45, 7) is 0. The highest BCUT2D eigenvalue weighted by atomic mass is 16.5. The Labute approximate surface area is 138 Å². The summed E-state index contributed by atoms with van der Waals surface area (Å²) < 4.78 is 11.1. The quantitative estimate of drug-likeness (QED) is 0.854. The molecule has 2 heterocycles. The van der Waals surface area contributed by atoms with Gasteiger partial charge in [-0.2, -0.15) is 10.3 Å². The van der Waals surface area contributed by atoms with Gasteiger partial charge in [0, 0.05) is 11.5 Å². The number of methoxy groups -OCH3 is 1. The number of aliphatic imine (C=N–C) groups is 1. The Morgan fingerprint density at radius 3 is 2.83 bits per heavy atom. The number of carbonyl (C=O) groups is 1. The molecule has 0 saturated heterocycles. The first kappa shape index (κ1) is 14.2. The first-order chi connectivity index (χ1) is 11.7. The summed E-state index contributed by atoms with van der Waals surface area (Å²) in [5.41, 5.74) is 2.36. The molecule has 5 nitrogen and oxygen atoms in total. The lowest BCUT2D eigenvalue weighted by Gasteiger charge is -2.28. The summed E-state index contributed by atoms with van der Waals surface area (Å²) in [4.78, 5) is 16.0. The topological polar surface area (TPSA) is 71.7 Å². The van der Waals surface area contributed by atoms with Crippen molar-refractivity contribution < 1.29 is 14.3 Å². The summed E-state index contributed by atoms with van der Waals surface area (Å²) >= 11 is 0. The summed E-state index contributed by atoms with van der Waals surface area (Å²) in [5.74, 6) is 0.703. The minimum Gasteiger partial charge on any atom is -0.497 e. The molecule has 1 amide bonds. The van der Waals surface area contributed by atoms with E-state index in [4.69, 9.17) is 9.47 Å². The van der Waals surface area contributed by atoms with E-state index in [0.29, 0.717) is 17.1 Å². The summed E-state index contributed by atoms with van der Waals surface area (Å²) in [5, 5.41) is 9.41. The maximum atomic E-state index is 12.1. The van der Waals surface area contributed by atoms with Gasteiger partial charge in [-0.25, -0.2) is 0 Å². The van der Waals surface area contributed by atoms with Gasteiger partial charge in [-0.1, -0.05) is 30.3 Å². The smallest absolute Gasteiger partial charge is 0.291 e. The molecule has 0 saturated carbocycles. The van der Waals surface area contributed by atoms with Crippen molar-refractivity contribution >= 4 is 11.8 Å². The highest BCUT2D eigenvalue weighted by molar-refractivity contribution is 6.20. The molecule has 2 aromatic rings. The minimum absolute atomic E-state index is 0.0346. The molecule has 0 bridgehead atoms. The minimum atomic E-state index is -0.553. The molecule has 2 aromatic carbocycles. The number of hydrogen-bond acceptors (Lipinski definition) is 4. The van der Waals surface area contributed by atoms with Crippen molar-refractivity contribution in [2.75, 3.05) is 7.11 Å². The fraction of sp³-hybridized carbons (Fsp3) is 0.105. The first-order valence-electron chi connectivity index (χ1n) is 7.41. The van der Waals surface area contributed by atoms with Gasteiger partial charge in [-0.05, 0) is 23.8 Å². The lowest BCUT2D eigenvalue weighted by molar-refractivity contribution is -0.113. The van der Waals surface area contributed by atoms with Gasteiger partial charge in [0.1, 0.15) is 23.1 Å². The number of nitrogens with zero attached hydrogens (tertiary/aromatic N) is 2. The van der Waals surface area contributed by atoms with Crippen LogP contribution in [0, 0.1) is 11.3 Å². The average Bonchev–Trinajstić information content (AvgIpc) is 2.94. The molecule has 5 heteroatoms. The van der Waals surface area contributed by atoms with Crippen molar-refractivity contribution in [2.45, 2.75) is 5.92 Å². The molecule has 116 valence electrons. The lowest BCUT2D eigenvalue weighted by Crippen LogP contribution is -2.23. The highest BCUT2D eigenvalue weighted by Gasteiger charge is 2.40. The standard InChI is InChI=1S/C19H12N2O3/c1-23-12-6-4-5-11(9-12)16-13-7-2-3-8-15(13)24-19-17(16)14(10-20)18(22)21-19/h2-9,16H,1H3. The third-order valence-corrected chi connectivity index (χ3v) is 4.18. The van der Waals surface area contributed by atoms with E-state index in [1.807, 2.05) is 54.6 Å². The third-order valence-electron chi connectivity index (χ3n) is 4.18. The average molecular weight is 316 g/mol. The highest BCUT2D eigenvalue weighted by Crippen LogP contribution is 2.45. The molecule has 1 atom stereocenters. The number of hydrogen-bond donors (Lipinski definition) is 0. The van der Waals surface area contributed by atoms with Crippen molar-refractivity contribution in [3.8, 4) is 17.6 Å². The number of para-hydroxylation sites is 1. The molecular weight excluding hydrogens is 304 g/mol. The zero-order valence-electron chi connectivity index (χ0n) is 12.8. The molecule has 1 unspecified atom stereocenters. The molecule has 24 heavy (non-hydrogen) atoms. The first-order valence-corrected chi connectivity index (χ1v) is 7.41. The van der Waals surface area contributed by atoms with Gasteiger partial charge in [-0.15, -0.1) is 0 Å². The number of carbonyl (C=O) groups excluding carboxylic acids is 1. The van der Waals surface area contributed by atoms with Gasteiger partial charge in [-0.3, -0.25) is 4.79 Å². The second-order valence-corrected chi connectivity index (χ2v) is 5.47. The Morgan fingerprint density at radius 1 is 1.21 bits per heavy atom. The van der Waals surface area contributed by atoms with Crippen molar-refractivity contribution in [3.05, 3.63) is 70.8 Å². The van der Waals surface area contributed by atoms with Gasteiger partial charge < -0.3 is 9.47 Å². The summed E-state index contributed by atoms with van der Waals surface area (Å²) in [6.07, 6.45) is 0. The van der Waals surface area contributed by atoms with Gasteiger partial charge in [0.2, 0.25) is 5.90 Å². The van der Waals surface area contributed by atoms with E-state index in [9.17, 15) is 10.1 Å². The van der Waals surface area contributed by atoms with E-state index in [1.165, 1.54) is 0 Å². The van der Waals surface area contributed by atoms with Gasteiger partial charge >= 0.3 is 0 Å². The number of nitriles is 1. The van der Waals surface area contributed by atoms with Crippen LogP contribution in [0.2, 0.25) is 0 Å². The Hall–Kier alpha value is -3.39. The summed E-state index contributed by atoms with van der Waals surface area (Å²) in [6, 6.07) is 17.1. The monoisotopic (exact) mass is 316 g/mol. The molecule has 0 radical (unpaired) electrons. The maximum absolute atomic E-state index is 12.1. The number of ether oxygens (including phenoxy) is 2. The predicted molar refractivity (Wildman–Crippen MR) is 87.0 cm³/mol. The van der Waals surface area contributed by atoms with Crippen LogP contribution >= 0.6 is 0 Å². The predicted octanol–water partition coefficient (Wildman–Crippen LogP) is 2.98. The lowest BCUT2D eigenvalue weighted by atomic mass is 9.81. The van der Waals surface area contributed by atoms with Crippen LogP contribution in [0.4, 0.5) is 0 Å². The van der Waals surface area contributed by atoms with Crippen molar-refractivity contribution in [1.29, 1.82) is 5.26 Å². The Balaban J connectivity index is 2.00. The zero-order valence-corrected chi connectivity index (χ0v) is 12.8. The number of fused-ring (bicyclic) bond motifs is 2. The molecule has 0 aromatic heterocycles. The van der Waals surface area contributed by atoms with Crippen LogP contribution in [0.25, 0.3) is 0 Å². The van der Waals surface area contributed by atoms with Crippen LogP contribution in [0.1, 0.15) is 17.0 Å². The molecule has 0 aliphatic carbocycles. The van der Waals surface area contributed by atoms with Crippen molar-refractivity contribution in [2.24, 2.45) is 4.99 Å². The molecule has 2 aliphatic heterocycles. The van der Waals surface area contributed by atoms with E-state index in [1.54, 1.807) is 7.11 Å². The van der Waals surface area contributed by atoms with E-state index >= 15 is 0 Å². The third kappa shape index (κ3) is 2.01. The SMILES string of the molecule is COc1cccc(C2C3=C(C#N)C(=O)N=C3Oc3ccccc32)c1. The molecule has 0 spiro atoms. The van der Waals surface area contributed by atoms with Crippen LogP contribution in [0.5, 0.6) is 11.5 Å². The summed E-state index contributed by atoms with van der Waals surface area (Å²) in [7, 11) is 1.60. The number of amides is 1. The van der Waals surface area contributed by atoms with Gasteiger partial charge in [0.05, 0.1) is 12.7 Å². The fourth-order valence-electron chi connectivity index (χ4n) is 3.12. The van der Waals surface area contributed by atoms with E-state index in [0.717, 1.165) is 11.1 Å². The molecule has 2 aliphatic rings. The normalized spacial score (nSPS) is 18.2. The Bertz CT molecular complexity index is 967. The van der Waals surface area contributed by atoms with Crippen LogP contribution in [-0.4, -0.2) is 18.9 Å². The number of rotatable bonds is 2. The van der Waals surface area contributed by atoms with E-state index in [2.05, 4.69) is 4.99 Å². The van der Waals surface area contributed by atoms with Crippen LogP contribution in [0.15, 0.2) is 64.7 Å². The fourth-order valence-corrected chi connectivity index (χ4v) is 3.12.